The van der Waals surface area contributed by atoms with Gasteiger partial charge >= 0.3 is 5.97 Å². The van der Waals surface area contributed by atoms with Crippen molar-refractivity contribution in [1.29, 1.82) is 0 Å². The van der Waals surface area contributed by atoms with Crippen LogP contribution < -0.4 is 0 Å². The van der Waals surface area contributed by atoms with Gasteiger partial charge < -0.3 is 5.11 Å². The molecule has 1 fully saturated rings. The van der Waals surface area contributed by atoms with Crippen molar-refractivity contribution in [3.63, 3.8) is 0 Å². The van der Waals surface area contributed by atoms with Crippen LogP contribution in [0.1, 0.15) is 55.3 Å². The molecule has 1 aromatic rings. The molecule has 3 nitrogen and oxygen atoms in total. The molecule has 0 unspecified atom stereocenters. The molecule has 0 heterocycles. The summed E-state index contributed by atoms with van der Waals surface area (Å²) in [5, 5.41) is 9.07. The molecule has 0 amide bonds. The standard InChI is InChI=1S/C16H18F2O3/c17-11-4-5-13(18)12(8-11)14(19)9-16(10-15(20)21)6-2-1-3-7-16/h4-5,8H,1-3,6-7,9-10H2,(H,20,21). The number of benzene rings is 1. The molecule has 1 aliphatic carbocycles. The first-order chi connectivity index (χ1) is 9.92. The minimum Gasteiger partial charge on any atom is -0.481 e. The fraction of sp³-hybridized carbons (Fsp3) is 0.500. The smallest absolute Gasteiger partial charge is 0.303 e. The van der Waals surface area contributed by atoms with E-state index in [0.717, 1.165) is 37.5 Å². The maximum absolute atomic E-state index is 13.7. The predicted octanol–water partition coefficient (Wildman–Crippen LogP) is 3.96. The minimum absolute atomic E-state index is 0.0420. The normalized spacial score (nSPS) is 17.4. The van der Waals surface area contributed by atoms with Gasteiger partial charge in [0, 0.05) is 6.42 Å². The van der Waals surface area contributed by atoms with Crippen LogP contribution in [0, 0.1) is 17.0 Å². The molecule has 0 radical (unpaired) electrons. The minimum atomic E-state index is -0.954. The van der Waals surface area contributed by atoms with E-state index >= 15 is 0 Å². The van der Waals surface area contributed by atoms with Gasteiger partial charge in [-0.05, 0) is 36.5 Å². The third kappa shape index (κ3) is 3.86. The van der Waals surface area contributed by atoms with Crippen molar-refractivity contribution in [3.05, 3.63) is 35.4 Å². The summed E-state index contributed by atoms with van der Waals surface area (Å²) in [4.78, 5) is 23.3. The van der Waals surface area contributed by atoms with Crippen molar-refractivity contribution >= 4 is 11.8 Å². The topological polar surface area (TPSA) is 54.4 Å². The van der Waals surface area contributed by atoms with Crippen molar-refractivity contribution < 1.29 is 23.5 Å². The Morgan fingerprint density at radius 1 is 1.10 bits per heavy atom. The summed E-state index contributed by atoms with van der Waals surface area (Å²) < 4.78 is 26.8. The van der Waals surface area contributed by atoms with Gasteiger partial charge in [0.1, 0.15) is 11.6 Å². The van der Waals surface area contributed by atoms with Gasteiger partial charge in [0.2, 0.25) is 0 Å². The zero-order chi connectivity index (χ0) is 15.5. The third-order valence-corrected chi connectivity index (χ3v) is 4.20. The highest BCUT2D eigenvalue weighted by Gasteiger charge is 2.37. The van der Waals surface area contributed by atoms with Gasteiger partial charge in [0.05, 0.1) is 12.0 Å². The number of carbonyl (C=O) groups is 2. The Kier molecular flexibility index (Phi) is 4.70. The molecule has 1 N–H and O–H groups in total. The average molecular weight is 296 g/mol. The van der Waals surface area contributed by atoms with Crippen LogP contribution in [0.2, 0.25) is 0 Å². The highest BCUT2D eigenvalue weighted by atomic mass is 19.1. The maximum Gasteiger partial charge on any atom is 0.303 e. The molecule has 1 saturated carbocycles. The summed E-state index contributed by atoms with van der Waals surface area (Å²) >= 11 is 0. The van der Waals surface area contributed by atoms with Crippen LogP contribution in [-0.2, 0) is 4.79 Å². The number of hydrogen-bond donors (Lipinski definition) is 1. The highest BCUT2D eigenvalue weighted by Crippen LogP contribution is 2.43. The van der Waals surface area contributed by atoms with Crippen molar-refractivity contribution in [2.45, 2.75) is 44.9 Å². The Morgan fingerprint density at radius 3 is 2.38 bits per heavy atom. The van der Waals surface area contributed by atoms with Gasteiger partial charge in [-0.1, -0.05) is 19.3 Å². The van der Waals surface area contributed by atoms with E-state index in [4.69, 9.17) is 5.11 Å². The van der Waals surface area contributed by atoms with E-state index in [-0.39, 0.29) is 18.4 Å². The van der Waals surface area contributed by atoms with Crippen LogP contribution in [-0.4, -0.2) is 16.9 Å². The average Bonchev–Trinajstić information content (AvgIpc) is 2.41. The summed E-state index contributed by atoms with van der Waals surface area (Å²) in [6.07, 6.45) is 3.89. The van der Waals surface area contributed by atoms with Crippen LogP contribution in [0.4, 0.5) is 8.78 Å². The van der Waals surface area contributed by atoms with Crippen LogP contribution >= 0.6 is 0 Å². The SMILES string of the molecule is O=C(O)CC1(CC(=O)c2cc(F)ccc2F)CCCCC1. The molecule has 0 spiro atoms. The van der Waals surface area contributed by atoms with E-state index in [1.165, 1.54) is 0 Å². The molecule has 0 aromatic heterocycles. The first kappa shape index (κ1) is 15.6. The molecule has 0 aliphatic heterocycles. The molecule has 1 aromatic carbocycles. The highest BCUT2D eigenvalue weighted by molar-refractivity contribution is 5.97. The fourth-order valence-electron chi connectivity index (χ4n) is 3.19. The van der Waals surface area contributed by atoms with Gasteiger partial charge in [-0.3, -0.25) is 9.59 Å². The van der Waals surface area contributed by atoms with Crippen LogP contribution in [0.15, 0.2) is 18.2 Å². The number of rotatable bonds is 5. The summed E-state index contributed by atoms with van der Waals surface area (Å²) in [6, 6.07) is 2.77. The van der Waals surface area contributed by atoms with Gasteiger partial charge in [-0.25, -0.2) is 8.78 Å². The zero-order valence-electron chi connectivity index (χ0n) is 11.7. The van der Waals surface area contributed by atoms with E-state index in [1.54, 1.807) is 0 Å². The Bertz CT molecular complexity index is 548. The number of carboxylic acids is 1. The predicted molar refractivity (Wildman–Crippen MR) is 73.1 cm³/mol. The van der Waals surface area contributed by atoms with Crippen LogP contribution in [0.3, 0.4) is 0 Å². The Hall–Kier alpha value is -1.78. The van der Waals surface area contributed by atoms with E-state index < -0.39 is 28.8 Å². The number of Topliss-reactive ketones (excluding diaryl/α,β-unsaturated/α-hetero) is 1. The van der Waals surface area contributed by atoms with Crippen molar-refractivity contribution in [3.8, 4) is 0 Å². The molecule has 1 aliphatic rings. The van der Waals surface area contributed by atoms with Crippen molar-refractivity contribution in [2.75, 3.05) is 0 Å². The molecular formula is C16H18F2O3. The third-order valence-electron chi connectivity index (χ3n) is 4.20. The monoisotopic (exact) mass is 296 g/mol. The summed E-state index contributed by atoms with van der Waals surface area (Å²) in [5.74, 6) is -2.90. The second-order valence-electron chi connectivity index (χ2n) is 5.86. The number of carboxylic acid groups (broad SMARTS) is 1. The van der Waals surface area contributed by atoms with Crippen molar-refractivity contribution in [2.24, 2.45) is 5.41 Å². The van der Waals surface area contributed by atoms with Crippen molar-refractivity contribution in [1.82, 2.24) is 0 Å². The second-order valence-corrected chi connectivity index (χ2v) is 5.86. The Labute approximate surface area is 122 Å². The molecule has 0 bridgehead atoms. The van der Waals surface area contributed by atoms with Crippen LogP contribution in [0.25, 0.3) is 0 Å². The summed E-state index contributed by atoms with van der Waals surface area (Å²) in [5.41, 5.74) is -0.912. The van der Waals surface area contributed by atoms with Crippen LogP contribution in [0.5, 0.6) is 0 Å². The Morgan fingerprint density at radius 2 is 1.76 bits per heavy atom. The molecule has 5 heteroatoms. The second kappa shape index (κ2) is 6.33. The van der Waals surface area contributed by atoms with E-state index in [2.05, 4.69) is 0 Å². The molecule has 0 saturated heterocycles. The van der Waals surface area contributed by atoms with E-state index in [1.807, 2.05) is 0 Å². The lowest BCUT2D eigenvalue weighted by atomic mass is 9.68. The summed E-state index contributed by atoms with van der Waals surface area (Å²) in [6.45, 7) is 0. The number of aliphatic carboxylic acids is 1. The van der Waals surface area contributed by atoms with Gasteiger partial charge in [0.15, 0.2) is 5.78 Å². The number of carbonyl (C=O) groups excluding carboxylic acids is 1. The number of hydrogen-bond acceptors (Lipinski definition) is 2. The molecular weight excluding hydrogens is 278 g/mol. The lowest BCUT2D eigenvalue weighted by Crippen LogP contribution is -2.30. The molecule has 114 valence electrons. The Balaban J connectivity index is 2.21. The molecule has 2 rings (SSSR count). The van der Waals surface area contributed by atoms with E-state index in [9.17, 15) is 18.4 Å². The molecule has 0 atom stereocenters. The molecule has 21 heavy (non-hydrogen) atoms. The zero-order valence-corrected chi connectivity index (χ0v) is 11.7. The maximum atomic E-state index is 13.7. The number of halogens is 2. The fourth-order valence-corrected chi connectivity index (χ4v) is 3.19. The van der Waals surface area contributed by atoms with Gasteiger partial charge in [0.25, 0.3) is 0 Å². The lowest BCUT2D eigenvalue weighted by Gasteiger charge is -2.35. The number of ketones is 1. The largest absolute Gasteiger partial charge is 0.481 e. The van der Waals surface area contributed by atoms with E-state index in [0.29, 0.717) is 12.8 Å². The first-order valence-electron chi connectivity index (χ1n) is 7.12. The quantitative estimate of drug-likeness (QED) is 0.837. The first-order valence-corrected chi connectivity index (χ1v) is 7.12. The van der Waals surface area contributed by atoms with Gasteiger partial charge in [-0.2, -0.15) is 0 Å². The summed E-state index contributed by atoms with van der Waals surface area (Å²) in [7, 11) is 0. The lowest BCUT2D eigenvalue weighted by molar-refractivity contribution is -0.140. The van der Waals surface area contributed by atoms with Gasteiger partial charge in [-0.15, -0.1) is 0 Å².